The standard InChI is InChI=1S/C20H27N5S/c1-5-21-20(24-12-18-25-14(3)15(4)26-18)22-10-9-16-11-23-19-13(2)7-6-8-17(16)19/h6-8,11,23H,5,9-10,12H2,1-4H3,(H2,21,22,24). The number of benzene rings is 1. The van der Waals surface area contributed by atoms with Crippen LogP contribution in [0, 0.1) is 20.8 Å². The van der Waals surface area contributed by atoms with Crippen molar-refractivity contribution in [3.05, 3.63) is 51.1 Å². The van der Waals surface area contributed by atoms with Crippen LogP contribution in [-0.4, -0.2) is 29.0 Å². The van der Waals surface area contributed by atoms with Gasteiger partial charge in [-0.2, -0.15) is 0 Å². The molecule has 6 heteroatoms. The summed E-state index contributed by atoms with van der Waals surface area (Å²) in [6.07, 6.45) is 3.06. The number of thiazole rings is 1. The van der Waals surface area contributed by atoms with Gasteiger partial charge < -0.3 is 15.6 Å². The van der Waals surface area contributed by atoms with E-state index in [1.54, 1.807) is 11.3 Å². The number of rotatable bonds is 6. The number of hydrogen-bond acceptors (Lipinski definition) is 3. The van der Waals surface area contributed by atoms with Crippen molar-refractivity contribution in [1.29, 1.82) is 0 Å². The third-order valence-electron chi connectivity index (χ3n) is 4.49. The zero-order valence-corrected chi connectivity index (χ0v) is 16.8. The summed E-state index contributed by atoms with van der Waals surface area (Å²) in [4.78, 5) is 13.9. The molecule has 0 amide bonds. The van der Waals surface area contributed by atoms with E-state index < -0.39 is 0 Å². The molecule has 0 radical (unpaired) electrons. The van der Waals surface area contributed by atoms with Crippen molar-refractivity contribution in [1.82, 2.24) is 20.6 Å². The molecule has 0 spiro atoms. The molecule has 3 rings (SSSR count). The number of fused-ring (bicyclic) bond motifs is 1. The van der Waals surface area contributed by atoms with E-state index in [0.717, 1.165) is 36.2 Å². The number of aliphatic imine (C=N–C) groups is 1. The minimum Gasteiger partial charge on any atom is -0.361 e. The Morgan fingerprint density at radius 2 is 2.08 bits per heavy atom. The normalized spacial score (nSPS) is 11.9. The monoisotopic (exact) mass is 369 g/mol. The molecule has 1 aromatic carbocycles. The van der Waals surface area contributed by atoms with Crippen LogP contribution in [0.2, 0.25) is 0 Å². The van der Waals surface area contributed by atoms with E-state index in [-0.39, 0.29) is 0 Å². The predicted molar refractivity (Wildman–Crippen MR) is 111 cm³/mol. The number of aromatic amines is 1. The van der Waals surface area contributed by atoms with Gasteiger partial charge in [0.1, 0.15) is 5.01 Å². The van der Waals surface area contributed by atoms with Gasteiger partial charge in [0.2, 0.25) is 0 Å². The summed E-state index contributed by atoms with van der Waals surface area (Å²) in [5.41, 5.74) is 4.95. The lowest BCUT2D eigenvalue weighted by molar-refractivity contribution is 0.800. The van der Waals surface area contributed by atoms with Crippen molar-refractivity contribution in [2.24, 2.45) is 4.99 Å². The first-order chi connectivity index (χ1) is 12.6. The van der Waals surface area contributed by atoms with Crippen LogP contribution in [0.4, 0.5) is 0 Å². The molecule has 3 aromatic rings. The molecule has 0 saturated heterocycles. The first kappa shape index (κ1) is 18.5. The molecule has 0 aliphatic carbocycles. The van der Waals surface area contributed by atoms with Crippen LogP contribution >= 0.6 is 11.3 Å². The van der Waals surface area contributed by atoms with Crippen LogP contribution < -0.4 is 10.6 Å². The minimum absolute atomic E-state index is 0.612. The van der Waals surface area contributed by atoms with Gasteiger partial charge in [0.25, 0.3) is 0 Å². The Morgan fingerprint density at radius 1 is 1.23 bits per heavy atom. The average molecular weight is 370 g/mol. The topological polar surface area (TPSA) is 65.1 Å². The van der Waals surface area contributed by atoms with Crippen molar-refractivity contribution in [2.45, 2.75) is 40.7 Å². The van der Waals surface area contributed by atoms with Crippen molar-refractivity contribution in [3.8, 4) is 0 Å². The lowest BCUT2D eigenvalue weighted by Gasteiger charge is -2.10. The van der Waals surface area contributed by atoms with Gasteiger partial charge in [0, 0.05) is 35.1 Å². The summed E-state index contributed by atoms with van der Waals surface area (Å²) in [7, 11) is 0. The third kappa shape index (κ3) is 4.25. The van der Waals surface area contributed by atoms with Gasteiger partial charge in [-0.15, -0.1) is 11.3 Å². The van der Waals surface area contributed by atoms with Crippen LogP contribution in [0.5, 0.6) is 0 Å². The van der Waals surface area contributed by atoms with Gasteiger partial charge in [-0.25, -0.2) is 9.98 Å². The summed E-state index contributed by atoms with van der Waals surface area (Å²) in [6.45, 7) is 10.7. The first-order valence-corrected chi connectivity index (χ1v) is 9.90. The van der Waals surface area contributed by atoms with E-state index in [1.165, 1.54) is 26.9 Å². The highest BCUT2D eigenvalue weighted by atomic mass is 32.1. The molecule has 5 nitrogen and oxygen atoms in total. The number of nitrogens with zero attached hydrogens (tertiary/aromatic N) is 2. The molecule has 0 atom stereocenters. The van der Waals surface area contributed by atoms with E-state index in [9.17, 15) is 0 Å². The van der Waals surface area contributed by atoms with E-state index in [4.69, 9.17) is 0 Å². The number of para-hydroxylation sites is 1. The number of aryl methyl sites for hydroxylation is 3. The fraction of sp³-hybridized carbons (Fsp3) is 0.400. The van der Waals surface area contributed by atoms with Crippen LogP contribution in [0.3, 0.4) is 0 Å². The predicted octanol–water partition coefficient (Wildman–Crippen LogP) is 3.85. The fourth-order valence-electron chi connectivity index (χ4n) is 2.98. The average Bonchev–Trinajstić information content (AvgIpc) is 3.17. The number of nitrogens with one attached hydrogen (secondary N) is 3. The van der Waals surface area contributed by atoms with Crippen molar-refractivity contribution in [2.75, 3.05) is 13.1 Å². The molecule has 26 heavy (non-hydrogen) atoms. The molecule has 0 aliphatic heterocycles. The summed E-state index contributed by atoms with van der Waals surface area (Å²) in [5.74, 6) is 0.842. The van der Waals surface area contributed by atoms with Crippen molar-refractivity contribution in [3.63, 3.8) is 0 Å². The molecule has 0 aliphatic rings. The van der Waals surface area contributed by atoms with E-state index in [2.05, 4.69) is 70.8 Å². The minimum atomic E-state index is 0.612. The third-order valence-corrected chi connectivity index (χ3v) is 5.54. The van der Waals surface area contributed by atoms with Gasteiger partial charge >= 0.3 is 0 Å². The molecule has 138 valence electrons. The number of H-pyrrole nitrogens is 1. The molecule has 2 heterocycles. The van der Waals surface area contributed by atoms with E-state index in [0.29, 0.717) is 6.54 Å². The number of guanidine groups is 1. The van der Waals surface area contributed by atoms with Crippen LogP contribution in [-0.2, 0) is 13.0 Å². The lowest BCUT2D eigenvalue weighted by Crippen LogP contribution is -2.38. The first-order valence-electron chi connectivity index (χ1n) is 9.09. The number of hydrogen-bond donors (Lipinski definition) is 3. The quantitative estimate of drug-likeness (QED) is 0.457. The van der Waals surface area contributed by atoms with Crippen LogP contribution in [0.25, 0.3) is 10.9 Å². The Morgan fingerprint density at radius 3 is 2.81 bits per heavy atom. The zero-order chi connectivity index (χ0) is 18.5. The smallest absolute Gasteiger partial charge is 0.191 e. The summed E-state index contributed by atoms with van der Waals surface area (Å²) in [5, 5.41) is 9.11. The Labute approximate surface area is 159 Å². The van der Waals surface area contributed by atoms with E-state index >= 15 is 0 Å². The largest absolute Gasteiger partial charge is 0.361 e. The van der Waals surface area contributed by atoms with Crippen LogP contribution in [0.1, 0.15) is 33.6 Å². The maximum Gasteiger partial charge on any atom is 0.191 e. The second kappa shape index (κ2) is 8.36. The Bertz CT molecular complexity index is 887. The lowest BCUT2D eigenvalue weighted by atomic mass is 10.1. The summed E-state index contributed by atoms with van der Waals surface area (Å²) in [6, 6.07) is 6.44. The Kier molecular flexibility index (Phi) is 5.93. The maximum atomic E-state index is 4.67. The Balaban J connectivity index is 1.61. The summed E-state index contributed by atoms with van der Waals surface area (Å²) >= 11 is 1.72. The van der Waals surface area contributed by atoms with Gasteiger partial charge in [-0.3, -0.25) is 0 Å². The van der Waals surface area contributed by atoms with Gasteiger partial charge in [-0.1, -0.05) is 18.2 Å². The molecular formula is C20H27N5S. The number of aromatic nitrogens is 2. The second-order valence-corrected chi connectivity index (χ2v) is 7.72. The van der Waals surface area contributed by atoms with E-state index in [1.807, 2.05) is 6.92 Å². The maximum absolute atomic E-state index is 4.67. The highest BCUT2D eigenvalue weighted by Crippen LogP contribution is 2.21. The highest BCUT2D eigenvalue weighted by Gasteiger charge is 2.06. The fourth-order valence-corrected chi connectivity index (χ4v) is 3.84. The van der Waals surface area contributed by atoms with Crippen molar-refractivity contribution < 1.29 is 0 Å². The van der Waals surface area contributed by atoms with Crippen molar-refractivity contribution >= 4 is 28.2 Å². The highest BCUT2D eigenvalue weighted by molar-refractivity contribution is 7.11. The van der Waals surface area contributed by atoms with Crippen LogP contribution in [0.15, 0.2) is 29.4 Å². The molecule has 2 aromatic heterocycles. The Hall–Kier alpha value is -2.34. The summed E-state index contributed by atoms with van der Waals surface area (Å²) < 4.78 is 0. The van der Waals surface area contributed by atoms with Gasteiger partial charge in [0.05, 0.1) is 12.2 Å². The SMILES string of the molecule is CCNC(=NCc1nc(C)c(C)s1)NCCc1c[nH]c2c(C)cccc12. The zero-order valence-electron chi connectivity index (χ0n) is 15.9. The molecular weight excluding hydrogens is 342 g/mol. The molecule has 0 saturated carbocycles. The molecule has 0 unspecified atom stereocenters. The molecule has 0 fully saturated rings. The van der Waals surface area contributed by atoms with Gasteiger partial charge in [0.15, 0.2) is 5.96 Å². The molecule has 0 bridgehead atoms. The second-order valence-electron chi connectivity index (χ2n) is 6.43. The van der Waals surface area contributed by atoms with Gasteiger partial charge in [-0.05, 0) is 45.2 Å². The molecule has 3 N–H and O–H groups in total.